The van der Waals surface area contributed by atoms with Crippen molar-refractivity contribution < 1.29 is 4.79 Å². The Bertz CT molecular complexity index is 1210. The number of carbonyl (C=O) groups excluding carboxylic acids is 1. The van der Waals surface area contributed by atoms with Gasteiger partial charge < -0.3 is 16.0 Å². The standard InChI is InChI=1S/C17H16Cl2N10O.ClH/c1-9(20-2)15-12(8-21-14-6-13(19)27-28(14)15)26-17(30)25-10-5-11(18)16(22-7-10)29-23-3-4-24-29;/h3-9,20H,1-2H3,(H2,25,26,30);1H. The number of hydrogen-bond donors (Lipinski definition) is 3. The SMILES string of the molecule is CNC(C)c1c(NC(=O)Nc2cnc(-n3nccn3)c(Cl)c2)cnc2cc(Cl)nn12.Cl. The van der Waals surface area contributed by atoms with Gasteiger partial charge in [-0.05, 0) is 20.0 Å². The Hall–Kier alpha value is -2.99. The van der Waals surface area contributed by atoms with Crippen LogP contribution in [0.3, 0.4) is 0 Å². The Morgan fingerprint density at radius 1 is 1.10 bits per heavy atom. The van der Waals surface area contributed by atoms with Gasteiger partial charge in [0.1, 0.15) is 0 Å². The lowest BCUT2D eigenvalue weighted by molar-refractivity contribution is 0.262. The molecule has 0 aromatic carbocycles. The summed E-state index contributed by atoms with van der Waals surface area (Å²) in [6, 6.07) is 2.56. The predicted molar refractivity (Wildman–Crippen MR) is 120 cm³/mol. The summed E-state index contributed by atoms with van der Waals surface area (Å²) in [7, 11) is 1.80. The van der Waals surface area contributed by atoms with Crippen molar-refractivity contribution in [3.63, 3.8) is 0 Å². The fourth-order valence-electron chi connectivity index (χ4n) is 2.83. The second kappa shape index (κ2) is 9.43. The molecule has 4 rings (SSSR count). The molecule has 4 aromatic rings. The van der Waals surface area contributed by atoms with Gasteiger partial charge in [-0.1, -0.05) is 23.2 Å². The van der Waals surface area contributed by atoms with E-state index in [4.69, 9.17) is 23.2 Å². The lowest BCUT2D eigenvalue weighted by Crippen LogP contribution is -2.24. The van der Waals surface area contributed by atoms with Crippen LogP contribution in [-0.2, 0) is 0 Å². The van der Waals surface area contributed by atoms with Crippen molar-refractivity contribution >= 4 is 58.7 Å². The lowest BCUT2D eigenvalue weighted by Gasteiger charge is -2.17. The molecule has 162 valence electrons. The van der Waals surface area contributed by atoms with Crippen LogP contribution in [0.5, 0.6) is 0 Å². The van der Waals surface area contributed by atoms with E-state index < -0.39 is 6.03 Å². The maximum absolute atomic E-state index is 12.6. The molecule has 14 heteroatoms. The summed E-state index contributed by atoms with van der Waals surface area (Å²) in [4.78, 5) is 22.4. The molecule has 1 unspecified atom stereocenters. The Morgan fingerprint density at radius 3 is 2.52 bits per heavy atom. The van der Waals surface area contributed by atoms with Crippen molar-refractivity contribution in [1.29, 1.82) is 0 Å². The van der Waals surface area contributed by atoms with E-state index in [1.54, 1.807) is 29.9 Å². The summed E-state index contributed by atoms with van der Waals surface area (Å²) in [5, 5.41) is 21.4. The first-order valence-electron chi connectivity index (χ1n) is 8.78. The maximum Gasteiger partial charge on any atom is 0.323 e. The fourth-order valence-corrected chi connectivity index (χ4v) is 3.24. The third-order valence-electron chi connectivity index (χ3n) is 4.27. The highest BCUT2D eigenvalue weighted by atomic mass is 35.5. The number of pyridine rings is 1. The van der Waals surface area contributed by atoms with Crippen LogP contribution in [-0.4, -0.2) is 47.7 Å². The molecule has 0 saturated heterocycles. The zero-order valence-corrected chi connectivity index (χ0v) is 18.6. The number of carbonyl (C=O) groups is 1. The van der Waals surface area contributed by atoms with Crippen molar-refractivity contribution in [2.75, 3.05) is 17.7 Å². The smallest absolute Gasteiger partial charge is 0.312 e. The van der Waals surface area contributed by atoms with Gasteiger partial charge in [0, 0.05) is 12.1 Å². The molecule has 4 heterocycles. The first-order chi connectivity index (χ1) is 14.5. The Kier molecular flexibility index (Phi) is 6.91. The monoisotopic (exact) mass is 482 g/mol. The number of anilines is 2. The minimum Gasteiger partial charge on any atom is -0.312 e. The van der Waals surface area contributed by atoms with E-state index in [0.717, 1.165) is 0 Å². The van der Waals surface area contributed by atoms with Crippen LogP contribution >= 0.6 is 35.6 Å². The molecular formula is C17H17Cl3N10O. The molecule has 2 amide bonds. The van der Waals surface area contributed by atoms with Crippen molar-refractivity contribution in [2.45, 2.75) is 13.0 Å². The van der Waals surface area contributed by atoms with Gasteiger partial charge in [0.05, 0.1) is 46.9 Å². The van der Waals surface area contributed by atoms with Crippen molar-refractivity contribution in [2.24, 2.45) is 0 Å². The van der Waals surface area contributed by atoms with Crippen LogP contribution in [0.2, 0.25) is 10.2 Å². The molecule has 0 aliphatic rings. The Morgan fingerprint density at radius 2 is 1.84 bits per heavy atom. The van der Waals surface area contributed by atoms with E-state index in [2.05, 4.69) is 41.2 Å². The highest BCUT2D eigenvalue weighted by Gasteiger charge is 2.18. The normalized spacial score (nSPS) is 11.7. The van der Waals surface area contributed by atoms with E-state index in [0.29, 0.717) is 33.7 Å². The van der Waals surface area contributed by atoms with Crippen LogP contribution in [0.25, 0.3) is 11.5 Å². The highest BCUT2D eigenvalue weighted by Crippen LogP contribution is 2.25. The van der Waals surface area contributed by atoms with E-state index in [1.165, 1.54) is 23.4 Å². The minimum atomic E-state index is -0.498. The summed E-state index contributed by atoms with van der Waals surface area (Å²) in [6.07, 6.45) is 6.03. The average Bonchev–Trinajstić information content (AvgIpc) is 3.36. The van der Waals surface area contributed by atoms with Gasteiger partial charge in [0.25, 0.3) is 0 Å². The van der Waals surface area contributed by atoms with Gasteiger partial charge in [-0.3, -0.25) is 0 Å². The number of rotatable bonds is 5. The molecule has 31 heavy (non-hydrogen) atoms. The molecule has 4 aromatic heterocycles. The maximum atomic E-state index is 12.6. The van der Waals surface area contributed by atoms with Gasteiger partial charge >= 0.3 is 6.03 Å². The summed E-state index contributed by atoms with van der Waals surface area (Å²) in [5.41, 5.74) is 2.13. The van der Waals surface area contributed by atoms with Crippen LogP contribution in [0.1, 0.15) is 18.7 Å². The number of urea groups is 1. The van der Waals surface area contributed by atoms with Crippen LogP contribution in [0.4, 0.5) is 16.2 Å². The first-order valence-corrected chi connectivity index (χ1v) is 9.53. The summed E-state index contributed by atoms with van der Waals surface area (Å²) in [6.45, 7) is 1.93. The Labute approximate surface area is 192 Å². The van der Waals surface area contributed by atoms with Gasteiger partial charge in [-0.25, -0.2) is 19.3 Å². The topological polar surface area (TPSA) is 127 Å². The first kappa shape index (κ1) is 22.7. The summed E-state index contributed by atoms with van der Waals surface area (Å²) >= 11 is 12.3. The minimum absolute atomic E-state index is 0. The number of halogens is 3. The number of nitrogens with one attached hydrogen (secondary N) is 3. The van der Waals surface area contributed by atoms with E-state index in [9.17, 15) is 4.79 Å². The van der Waals surface area contributed by atoms with Crippen LogP contribution in [0, 0.1) is 0 Å². The van der Waals surface area contributed by atoms with Crippen LogP contribution < -0.4 is 16.0 Å². The quantitative estimate of drug-likeness (QED) is 0.397. The number of amides is 2. The lowest BCUT2D eigenvalue weighted by atomic mass is 10.2. The zero-order chi connectivity index (χ0) is 21.3. The van der Waals surface area contributed by atoms with Crippen molar-refractivity contribution in [1.82, 2.24) is 39.9 Å². The second-order valence-corrected chi connectivity index (χ2v) is 7.03. The molecule has 3 N–H and O–H groups in total. The van der Waals surface area contributed by atoms with Gasteiger partial charge in [-0.2, -0.15) is 15.3 Å². The molecule has 0 aliphatic carbocycles. The number of nitrogens with zero attached hydrogens (tertiary/aromatic N) is 7. The van der Waals surface area contributed by atoms with Crippen LogP contribution in [0.15, 0.2) is 36.9 Å². The molecule has 0 spiro atoms. The zero-order valence-electron chi connectivity index (χ0n) is 16.2. The highest BCUT2D eigenvalue weighted by molar-refractivity contribution is 6.32. The largest absolute Gasteiger partial charge is 0.323 e. The average molecular weight is 484 g/mol. The Balaban J connectivity index is 0.00000272. The number of hydrogen-bond acceptors (Lipinski definition) is 7. The van der Waals surface area contributed by atoms with E-state index in [1.807, 2.05) is 6.92 Å². The molecule has 11 nitrogen and oxygen atoms in total. The molecule has 0 fully saturated rings. The second-order valence-electron chi connectivity index (χ2n) is 6.23. The van der Waals surface area contributed by atoms with Gasteiger partial charge in [0.15, 0.2) is 16.6 Å². The molecule has 1 atom stereocenters. The third kappa shape index (κ3) is 4.69. The third-order valence-corrected chi connectivity index (χ3v) is 4.73. The molecular weight excluding hydrogens is 467 g/mol. The number of aromatic nitrogens is 7. The fraction of sp³-hybridized carbons (Fsp3) is 0.176. The molecule has 0 radical (unpaired) electrons. The van der Waals surface area contributed by atoms with Gasteiger partial charge in [-0.15, -0.1) is 17.2 Å². The summed E-state index contributed by atoms with van der Waals surface area (Å²) < 4.78 is 1.59. The summed E-state index contributed by atoms with van der Waals surface area (Å²) in [5.74, 6) is 0.350. The molecule has 0 saturated carbocycles. The molecule has 0 bridgehead atoms. The number of fused-ring (bicyclic) bond motifs is 1. The van der Waals surface area contributed by atoms with Crippen molar-refractivity contribution in [3.05, 3.63) is 52.8 Å². The van der Waals surface area contributed by atoms with Crippen molar-refractivity contribution in [3.8, 4) is 5.82 Å². The predicted octanol–water partition coefficient (Wildman–Crippen LogP) is 3.36. The van der Waals surface area contributed by atoms with E-state index >= 15 is 0 Å². The van der Waals surface area contributed by atoms with Gasteiger partial charge in [0.2, 0.25) is 0 Å². The molecule has 0 aliphatic heterocycles. The van der Waals surface area contributed by atoms with E-state index in [-0.39, 0.29) is 23.5 Å².